The molecule has 0 saturated heterocycles. The molecule has 0 radical (unpaired) electrons. The van der Waals surface area contributed by atoms with Crippen LogP contribution < -0.4 is 27.8 Å². The molecule has 1 aliphatic carbocycles. The van der Waals surface area contributed by atoms with E-state index in [1.165, 1.54) is 0 Å². The number of aromatic hydroxyl groups is 1. The first-order valence-electron chi connectivity index (χ1n) is 21.3. The molecule has 9 N–H and O–H groups in total. The lowest BCUT2D eigenvalue weighted by atomic mass is 9.73. The Labute approximate surface area is 369 Å². The number of hydrogen-bond acceptors (Lipinski definition) is 15. The monoisotopic (exact) mass is 872 g/mol. The van der Waals surface area contributed by atoms with E-state index in [0.717, 1.165) is 5.56 Å². The van der Waals surface area contributed by atoms with E-state index in [4.69, 9.17) is 45.9 Å². The van der Waals surface area contributed by atoms with E-state index in [-0.39, 0.29) is 22.9 Å². The van der Waals surface area contributed by atoms with Crippen LogP contribution in [0, 0.1) is 5.41 Å². The standard InChI is InChI=1S/C46H64N8O9/c1-32(48)43-40(30-46(2,3)31-42(43)56)52-36-11-12-37(44(49)57)39(29-36)50-16-4-18-59-20-22-61-24-26-63-27-25-62-23-21-60-19-5-17-51-45(58)34-7-9-35(10-8-34)53-54-38-13-6-33(14-15-47)28-41(38)55/h6-13,28-29,50,55H,4-5,14-27,30-31,47-48H2,1-3H3,(H2,49,57)(H,51,58). The Hall–Kier alpha value is -5.56. The van der Waals surface area contributed by atoms with Gasteiger partial charge >= 0.3 is 0 Å². The normalized spacial score (nSPS) is 15.2. The van der Waals surface area contributed by atoms with Crippen molar-refractivity contribution in [3.63, 3.8) is 0 Å². The van der Waals surface area contributed by atoms with E-state index in [2.05, 4.69) is 20.9 Å². The highest BCUT2D eigenvalue weighted by Gasteiger charge is 2.35. The van der Waals surface area contributed by atoms with Crippen molar-refractivity contribution in [1.82, 2.24) is 5.32 Å². The summed E-state index contributed by atoms with van der Waals surface area (Å²) in [6, 6.07) is 17.0. The summed E-state index contributed by atoms with van der Waals surface area (Å²) in [6.45, 7) is 11.7. The highest BCUT2D eigenvalue weighted by Crippen LogP contribution is 2.36. The summed E-state index contributed by atoms with van der Waals surface area (Å²) in [5.74, 6) is -0.729. The van der Waals surface area contributed by atoms with Crippen molar-refractivity contribution in [2.45, 2.75) is 52.9 Å². The summed E-state index contributed by atoms with van der Waals surface area (Å²) < 4.78 is 27.9. The van der Waals surface area contributed by atoms with Gasteiger partial charge in [0, 0.05) is 49.7 Å². The molecular formula is C46H64N8O9. The largest absolute Gasteiger partial charge is 0.506 e. The van der Waals surface area contributed by atoms with Gasteiger partial charge in [-0.15, -0.1) is 5.11 Å². The number of allylic oxidation sites excluding steroid dienone is 2. The number of carbonyl (C=O) groups is 3. The molecule has 2 amide bonds. The molecule has 4 rings (SSSR count). The minimum absolute atomic E-state index is 0.0138. The first-order chi connectivity index (χ1) is 30.4. The minimum atomic E-state index is -0.555. The number of carbonyl (C=O) groups excluding carboxylic acids is 3. The van der Waals surface area contributed by atoms with Crippen LogP contribution in [0.3, 0.4) is 0 Å². The molecule has 1 aliphatic rings. The summed E-state index contributed by atoms with van der Waals surface area (Å²) >= 11 is 0. The predicted molar refractivity (Wildman–Crippen MR) is 243 cm³/mol. The molecule has 1 fully saturated rings. The number of phenolic OH excluding ortho intramolecular Hbond substituents is 1. The Balaban J connectivity index is 0.953. The van der Waals surface area contributed by atoms with E-state index < -0.39 is 5.91 Å². The molecule has 3 aromatic carbocycles. The van der Waals surface area contributed by atoms with Gasteiger partial charge in [-0.2, -0.15) is 5.11 Å². The molecule has 1 saturated carbocycles. The first-order valence-corrected chi connectivity index (χ1v) is 21.3. The van der Waals surface area contributed by atoms with Gasteiger partial charge in [-0.3, -0.25) is 19.4 Å². The van der Waals surface area contributed by atoms with Crippen LogP contribution in [0.2, 0.25) is 0 Å². The molecule has 3 aromatic rings. The van der Waals surface area contributed by atoms with E-state index in [0.29, 0.717) is 169 Å². The predicted octanol–water partition coefficient (Wildman–Crippen LogP) is 5.81. The van der Waals surface area contributed by atoms with Gasteiger partial charge in [0.2, 0.25) is 0 Å². The van der Waals surface area contributed by atoms with Crippen molar-refractivity contribution in [2.75, 3.05) is 91.0 Å². The number of anilines is 1. The summed E-state index contributed by atoms with van der Waals surface area (Å²) in [6.07, 6.45) is 3.02. The quantitative estimate of drug-likeness (QED) is 0.0287. The molecule has 0 aromatic heterocycles. The van der Waals surface area contributed by atoms with E-state index in [1.54, 1.807) is 61.5 Å². The SMILES string of the molecule is CC(N)=C1C(=O)CC(C)(C)CC1=Nc1ccc(C(N)=O)c(NCCCOCCOCCOCCOCCOCCCNC(=O)c2ccc(N=Nc3ccc(CCN)cc3O)cc2)c1. The minimum Gasteiger partial charge on any atom is -0.506 e. The lowest BCUT2D eigenvalue weighted by Gasteiger charge is -2.31. The number of nitrogens with two attached hydrogens (primary N) is 3. The first kappa shape index (κ1) is 50.1. The van der Waals surface area contributed by atoms with Gasteiger partial charge in [0.25, 0.3) is 11.8 Å². The Kier molecular flexibility index (Phi) is 21.3. The number of nitrogens with zero attached hydrogens (tertiary/aromatic N) is 3. The molecule has 0 aliphatic heterocycles. The maximum Gasteiger partial charge on any atom is 0.251 e. The second-order valence-corrected chi connectivity index (χ2v) is 15.7. The number of rotatable bonds is 28. The van der Waals surface area contributed by atoms with Gasteiger partial charge in [0.1, 0.15) is 11.4 Å². The van der Waals surface area contributed by atoms with Crippen molar-refractivity contribution in [3.05, 3.63) is 88.6 Å². The van der Waals surface area contributed by atoms with Crippen LogP contribution in [0.5, 0.6) is 5.75 Å². The fourth-order valence-corrected chi connectivity index (χ4v) is 6.57. The van der Waals surface area contributed by atoms with Crippen LogP contribution in [0.25, 0.3) is 0 Å². The molecule has 0 spiro atoms. The Morgan fingerprint density at radius 3 is 1.90 bits per heavy atom. The number of phenols is 1. The third kappa shape index (κ3) is 18.0. The fraction of sp³-hybridized carbons (Fsp3) is 0.478. The number of aliphatic imine (C=N–C) groups is 1. The zero-order valence-corrected chi connectivity index (χ0v) is 36.8. The molecule has 63 heavy (non-hydrogen) atoms. The maximum absolute atomic E-state index is 12.8. The van der Waals surface area contributed by atoms with Crippen LogP contribution in [0.15, 0.2) is 87.2 Å². The van der Waals surface area contributed by atoms with Crippen molar-refractivity contribution >= 4 is 46.1 Å². The topological polar surface area (TPSA) is 257 Å². The Bertz CT molecular complexity index is 2030. The van der Waals surface area contributed by atoms with Gasteiger partial charge < -0.3 is 56.6 Å². The Morgan fingerprint density at radius 1 is 0.746 bits per heavy atom. The number of primary amides is 1. The molecule has 342 valence electrons. The zero-order valence-electron chi connectivity index (χ0n) is 36.8. The summed E-state index contributed by atoms with van der Waals surface area (Å²) in [7, 11) is 0. The molecule has 0 unspecified atom stereocenters. The number of benzene rings is 3. The molecule has 0 atom stereocenters. The van der Waals surface area contributed by atoms with Gasteiger partial charge in [-0.1, -0.05) is 19.9 Å². The summed E-state index contributed by atoms with van der Waals surface area (Å²) in [5.41, 5.74) is 22.4. The van der Waals surface area contributed by atoms with Gasteiger partial charge in [0.05, 0.1) is 81.1 Å². The van der Waals surface area contributed by atoms with Crippen molar-refractivity contribution in [2.24, 2.45) is 37.8 Å². The number of Topliss-reactive ketones (excluding diaryl/α,β-unsaturated/α-hetero) is 1. The number of azo groups is 1. The highest BCUT2D eigenvalue weighted by atomic mass is 16.6. The zero-order chi connectivity index (χ0) is 45.5. The number of amides is 2. The number of hydrogen-bond donors (Lipinski definition) is 6. The van der Waals surface area contributed by atoms with Crippen LogP contribution in [-0.2, 0) is 34.9 Å². The molecule has 0 heterocycles. The van der Waals surface area contributed by atoms with Crippen molar-refractivity contribution < 1.29 is 43.2 Å². The molecular weight excluding hydrogens is 809 g/mol. The third-order valence-electron chi connectivity index (χ3n) is 9.68. The number of nitrogens with one attached hydrogen (secondary N) is 2. The van der Waals surface area contributed by atoms with E-state index in [9.17, 15) is 19.5 Å². The lowest BCUT2D eigenvalue weighted by Crippen LogP contribution is -2.33. The smallest absolute Gasteiger partial charge is 0.251 e. The molecule has 17 nitrogen and oxygen atoms in total. The average molecular weight is 873 g/mol. The van der Waals surface area contributed by atoms with E-state index in [1.807, 2.05) is 19.9 Å². The Morgan fingerprint density at radius 2 is 1.33 bits per heavy atom. The highest BCUT2D eigenvalue weighted by molar-refractivity contribution is 6.25. The summed E-state index contributed by atoms with van der Waals surface area (Å²) in [4.78, 5) is 42.2. The fourth-order valence-electron chi connectivity index (χ4n) is 6.57. The van der Waals surface area contributed by atoms with Gasteiger partial charge in [-0.25, -0.2) is 0 Å². The lowest BCUT2D eigenvalue weighted by molar-refractivity contribution is -0.117. The molecule has 0 bridgehead atoms. The van der Waals surface area contributed by atoms with Crippen molar-refractivity contribution in [3.8, 4) is 5.75 Å². The molecule has 17 heteroatoms. The second-order valence-electron chi connectivity index (χ2n) is 15.7. The van der Waals surface area contributed by atoms with Crippen LogP contribution in [0.4, 0.5) is 22.7 Å². The third-order valence-corrected chi connectivity index (χ3v) is 9.68. The summed E-state index contributed by atoms with van der Waals surface area (Å²) in [5, 5.41) is 24.5. The van der Waals surface area contributed by atoms with Crippen molar-refractivity contribution in [1.29, 1.82) is 0 Å². The van der Waals surface area contributed by atoms with Crippen LogP contribution in [-0.4, -0.2) is 114 Å². The van der Waals surface area contributed by atoms with Gasteiger partial charge in [0.15, 0.2) is 5.78 Å². The van der Waals surface area contributed by atoms with Crippen LogP contribution >= 0.6 is 0 Å². The average Bonchev–Trinajstić information content (AvgIpc) is 3.23. The number of ether oxygens (including phenoxy) is 5. The van der Waals surface area contributed by atoms with E-state index >= 15 is 0 Å². The number of ketones is 1. The van der Waals surface area contributed by atoms with Crippen LogP contribution in [0.1, 0.15) is 72.7 Å². The maximum atomic E-state index is 12.8. The van der Waals surface area contributed by atoms with Gasteiger partial charge in [-0.05, 0) is 105 Å². The second kappa shape index (κ2) is 26.8.